The van der Waals surface area contributed by atoms with Crippen LogP contribution in [-0.4, -0.2) is 29.5 Å². The third kappa shape index (κ3) is 4.04. The highest BCUT2D eigenvalue weighted by atomic mass is 15.2. The Morgan fingerprint density at radius 1 is 0.840 bits per heavy atom. The van der Waals surface area contributed by atoms with Crippen molar-refractivity contribution in [1.82, 2.24) is 9.88 Å². The summed E-state index contributed by atoms with van der Waals surface area (Å²) in [5, 5.41) is 0. The first-order chi connectivity index (χ1) is 12.4. The summed E-state index contributed by atoms with van der Waals surface area (Å²) in [6.07, 6.45) is 9.99. The van der Waals surface area contributed by atoms with Crippen molar-refractivity contribution in [2.24, 2.45) is 0 Å². The number of anilines is 1. The zero-order valence-corrected chi connectivity index (χ0v) is 15.1. The lowest BCUT2D eigenvalue weighted by Gasteiger charge is -2.36. The van der Waals surface area contributed by atoms with E-state index in [2.05, 4.69) is 58.5 Å². The van der Waals surface area contributed by atoms with Crippen LogP contribution in [0, 0.1) is 0 Å². The Balaban J connectivity index is 1.48. The van der Waals surface area contributed by atoms with Gasteiger partial charge in [-0.05, 0) is 55.8 Å². The van der Waals surface area contributed by atoms with E-state index < -0.39 is 0 Å². The lowest BCUT2D eigenvalue weighted by Crippen LogP contribution is -2.33. The highest BCUT2D eigenvalue weighted by Gasteiger charge is 2.24. The number of hydrogen-bond donors (Lipinski definition) is 0. The van der Waals surface area contributed by atoms with Crippen LogP contribution in [0.3, 0.4) is 0 Å². The summed E-state index contributed by atoms with van der Waals surface area (Å²) in [5.41, 5.74) is 2.80. The monoisotopic (exact) mass is 335 g/mol. The topological polar surface area (TPSA) is 19.4 Å². The summed E-state index contributed by atoms with van der Waals surface area (Å²) in [7, 11) is 0. The molecule has 0 unspecified atom stereocenters. The standard InChI is InChI=1S/C22H29N3/c1-3-9-19(10-4-1)18-25-16-8-5-11-21(25)20-12-13-22(23-17-20)24-14-6-2-7-15-24/h1,3-4,9-10,12-13,17,21H,2,5-8,11,14-16,18H2/t21-/m0/s1. The van der Waals surface area contributed by atoms with E-state index in [-0.39, 0.29) is 0 Å². The molecule has 1 aromatic heterocycles. The van der Waals surface area contributed by atoms with Crippen LogP contribution < -0.4 is 4.90 Å². The number of rotatable bonds is 4. The molecule has 2 aliphatic heterocycles. The maximum atomic E-state index is 4.82. The quantitative estimate of drug-likeness (QED) is 0.800. The van der Waals surface area contributed by atoms with Crippen molar-refractivity contribution in [2.45, 2.75) is 51.1 Å². The minimum absolute atomic E-state index is 0.511. The summed E-state index contributed by atoms with van der Waals surface area (Å²) in [6.45, 7) is 4.55. The van der Waals surface area contributed by atoms with E-state index in [1.165, 1.54) is 56.2 Å². The van der Waals surface area contributed by atoms with Crippen molar-refractivity contribution < 1.29 is 0 Å². The van der Waals surface area contributed by atoms with Gasteiger partial charge in [-0.2, -0.15) is 0 Å². The Morgan fingerprint density at radius 2 is 1.64 bits per heavy atom. The molecule has 0 N–H and O–H groups in total. The van der Waals surface area contributed by atoms with Gasteiger partial charge in [-0.1, -0.05) is 42.8 Å². The van der Waals surface area contributed by atoms with Gasteiger partial charge in [-0.25, -0.2) is 4.98 Å². The first-order valence-electron chi connectivity index (χ1n) is 9.89. The third-order valence-electron chi connectivity index (χ3n) is 5.68. The SMILES string of the molecule is c1ccc(CN2CCCC[C@H]2c2ccc(N3CCCCC3)nc2)cc1. The molecule has 0 spiro atoms. The second kappa shape index (κ2) is 8.01. The predicted octanol–water partition coefficient (Wildman–Crippen LogP) is 4.80. The van der Waals surface area contributed by atoms with Crippen molar-refractivity contribution in [3.05, 3.63) is 59.8 Å². The fourth-order valence-corrected chi connectivity index (χ4v) is 4.28. The molecule has 0 radical (unpaired) electrons. The molecule has 2 aliphatic rings. The molecule has 0 aliphatic carbocycles. The molecule has 4 rings (SSSR count). The molecule has 132 valence electrons. The maximum absolute atomic E-state index is 4.82. The van der Waals surface area contributed by atoms with Crippen molar-refractivity contribution >= 4 is 5.82 Å². The number of nitrogens with zero attached hydrogens (tertiary/aromatic N) is 3. The summed E-state index contributed by atoms with van der Waals surface area (Å²) in [5.74, 6) is 1.16. The number of likely N-dealkylation sites (tertiary alicyclic amines) is 1. The van der Waals surface area contributed by atoms with E-state index in [0.29, 0.717) is 6.04 Å². The zero-order valence-electron chi connectivity index (χ0n) is 15.1. The number of pyridine rings is 1. The van der Waals surface area contributed by atoms with Gasteiger partial charge in [0, 0.05) is 31.9 Å². The molecule has 0 bridgehead atoms. The van der Waals surface area contributed by atoms with E-state index >= 15 is 0 Å². The fraction of sp³-hybridized carbons (Fsp3) is 0.500. The normalized spacial score (nSPS) is 22.1. The van der Waals surface area contributed by atoms with Gasteiger partial charge in [0.2, 0.25) is 0 Å². The first-order valence-corrected chi connectivity index (χ1v) is 9.89. The maximum Gasteiger partial charge on any atom is 0.128 e. The highest BCUT2D eigenvalue weighted by Crippen LogP contribution is 2.32. The Labute approximate surface area is 151 Å². The van der Waals surface area contributed by atoms with Crippen LogP contribution in [0.5, 0.6) is 0 Å². The summed E-state index contributed by atoms with van der Waals surface area (Å²) < 4.78 is 0. The molecule has 3 heteroatoms. The third-order valence-corrected chi connectivity index (χ3v) is 5.68. The van der Waals surface area contributed by atoms with E-state index in [0.717, 1.165) is 25.5 Å². The predicted molar refractivity (Wildman–Crippen MR) is 104 cm³/mol. The van der Waals surface area contributed by atoms with Crippen LogP contribution >= 0.6 is 0 Å². The Kier molecular flexibility index (Phi) is 5.31. The number of hydrogen-bond acceptors (Lipinski definition) is 3. The summed E-state index contributed by atoms with van der Waals surface area (Å²) in [6, 6.07) is 15.9. The molecule has 2 saturated heterocycles. The Bertz CT molecular complexity index is 647. The smallest absolute Gasteiger partial charge is 0.128 e. The Morgan fingerprint density at radius 3 is 2.40 bits per heavy atom. The van der Waals surface area contributed by atoms with Gasteiger partial charge in [0.25, 0.3) is 0 Å². The first kappa shape index (κ1) is 16.6. The number of piperidine rings is 2. The zero-order chi connectivity index (χ0) is 16.9. The molecule has 0 saturated carbocycles. The number of benzene rings is 1. The number of aromatic nitrogens is 1. The van der Waals surface area contributed by atoms with Gasteiger partial charge in [0.1, 0.15) is 5.82 Å². The molecular formula is C22H29N3. The van der Waals surface area contributed by atoms with Crippen LogP contribution in [0.4, 0.5) is 5.82 Å². The van der Waals surface area contributed by atoms with E-state index in [9.17, 15) is 0 Å². The highest BCUT2D eigenvalue weighted by molar-refractivity contribution is 5.40. The minimum Gasteiger partial charge on any atom is -0.357 e. The lowest BCUT2D eigenvalue weighted by molar-refractivity contribution is 0.140. The van der Waals surface area contributed by atoms with E-state index in [1.54, 1.807) is 0 Å². The largest absolute Gasteiger partial charge is 0.357 e. The Hall–Kier alpha value is -1.87. The van der Waals surface area contributed by atoms with Gasteiger partial charge in [0.05, 0.1) is 0 Å². The van der Waals surface area contributed by atoms with Crippen LogP contribution in [0.25, 0.3) is 0 Å². The van der Waals surface area contributed by atoms with Gasteiger partial charge in [0.15, 0.2) is 0 Å². The van der Waals surface area contributed by atoms with Crippen molar-refractivity contribution in [2.75, 3.05) is 24.5 Å². The molecule has 25 heavy (non-hydrogen) atoms. The second-order valence-electron chi connectivity index (χ2n) is 7.47. The van der Waals surface area contributed by atoms with Crippen LogP contribution in [0.2, 0.25) is 0 Å². The van der Waals surface area contributed by atoms with E-state index in [1.807, 2.05) is 0 Å². The summed E-state index contributed by atoms with van der Waals surface area (Å²) >= 11 is 0. The average Bonchev–Trinajstić information content (AvgIpc) is 2.70. The fourth-order valence-electron chi connectivity index (χ4n) is 4.28. The lowest BCUT2D eigenvalue weighted by atomic mass is 9.95. The van der Waals surface area contributed by atoms with Crippen LogP contribution in [-0.2, 0) is 6.54 Å². The van der Waals surface area contributed by atoms with Gasteiger partial charge >= 0.3 is 0 Å². The molecule has 2 aromatic rings. The average molecular weight is 335 g/mol. The summed E-state index contributed by atoms with van der Waals surface area (Å²) in [4.78, 5) is 9.89. The molecular weight excluding hydrogens is 306 g/mol. The molecule has 3 nitrogen and oxygen atoms in total. The molecule has 1 atom stereocenters. The minimum atomic E-state index is 0.511. The van der Waals surface area contributed by atoms with Crippen LogP contribution in [0.1, 0.15) is 55.7 Å². The second-order valence-corrected chi connectivity index (χ2v) is 7.47. The van der Waals surface area contributed by atoms with Crippen LogP contribution in [0.15, 0.2) is 48.7 Å². The molecule has 2 fully saturated rings. The van der Waals surface area contributed by atoms with Crippen molar-refractivity contribution in [1.29, 1.82) is 0 Å². The van der Waals surface area contributed by atoms with Gasteiger partial charge in [-0.3, -0.25) is 4.90 Å². The van der Waals surface area contributed by atoms with Crippen molar-refractivity contribution in [3.63, 3.8) is 0 Å². The van der Waals surface area contributed by atoms with Gasteiger partial charge in [-0.15, -0.1) is 0 Å². The van der Waals surface area contributed by atoms with Crippen molar-refractivity contribution in [3.8, 4) is 0 Å². The van der Waals surface area contributed by atoms with Gasteiger partial charge < -0.3 is 4.90 Å². The van der Waals surface area contributed by atoms with E-state index in [4.69, 9.17) is 4.98 Å². The molecule has 3 heterocycles. The molecule has 1 aromatic carbocycles. The molecule has 0 amide bonds.